The molecule has 9 rings (SSSR count). The van der Waals surface area contributed by atoms with Crippen LogP contribution < -0.4 is 15.4 Å². The smallest absolute Gasteiger partial charge is 0.407 e. The van der Waals surface area contributed by atoms with E-state index in [0.717, 1.165) is 95.0 Å². The number of hydrogen-bond donors (Lipinski definition) is 4. The zero-order valence-corrected chi connectivity index (χ0v) is 34.7. The number of ether oxygens (including phenoxy) is 3. The van der Waals surface area contributed by atoms with Gasteiger partial charge in [0.1, 0.15) is 36.1 Å². The predicted octanol–water partition coefficient (Wildman–Crippen LogP) is 6.93. The average Bonchev–Trinajstić information content (AvgIpc) is 4.13. The van der Waals surface area contributed by atoms with Crippen molar-refractivity contribution in [1.29, 1.82) is 0 Å². The maximum atomic E-state index is 14.0. The fourth-order valence-electron chi connectivity index (χ4n) is 9.37. The molecule has 0 saturated carbocycles. The van der Waals surface area contributed by atoms with Crippen LogP contribution >= 0.6 is 0 Å². The minimum atomic E-state index is -0.890. The molecule has 0 spiro atoms. The highest BCUT2D eigenvalue weighted by atomic mass is 16.5. The minimum absolute atomic E-state index is 0.114. The van der Waals surface area contributed by atoms with Gasteiger partial charge in [-0.15, -0.1) is 0 Å². The first-order valence-electron chi connectivity index (χ1n) is 21.0. The number of imidazole rings is 2. The number of nitrogens with one attached hydrogen (secondary N) is 4. The van der Waals surface area contributed by atoms with E-state index in [1.807, 2.05) is 55.3 Å². The summed E-state index contributed by atoms with van der Waals surface area (Å²) >= 11 is 0. The van der Waals surface area contributed by atoms with Crippen LogP contribution in [-0.4, -0.2) is 87.1 Å². The summed E-state index contributed by atoms with van der Waals surface area (Å²) in [7, 11) is 2.58. The van der Waals surface area contributed by atoms with Gasteiger partial charge < -0.3 is 44.6 Å². The van der Waals surface area contributed by atoms with Crippen molar-refractivity contribution in [2.24, 2.45) is 5.92 Å². The third-order valence-corrected chi connectivity index (χ3v) is 12.5. The van der Waals surface area contributed by atoms with Crippen LogP contribution in [0.2, 0.25) is 0 Å². The number of nitrogens with zero attached hydrogens (tertiary/aromatic N) is 4. The van der Waals surface area contributed by atoms with Gasteiger partial charge in [-0.25, -0.2) is 19.6 Å². The second kappa shape index (κ2) is 16.4. The number of fused-ring (bicyclic) bond motifs is 6. The number of aromatic amines is 2. The molecule has 15 heteroatoms. The molecule has 2 aromatic heterocycles. The quantitative estimate of drug-likeness (QED) is 0.122. The summed E-state index contributed by atoms with van der Waals surface area (Å²) in [6.45, 7) is 5.35. The SMILES string of the molecule is COC(=O)NC(C(=O)N1CCCC1c1ncc(-c2ccc3c(c2)COc2cc4c(cc2-3)CCc2[nH]c(C3CCCN3C(=O)C(NC(=O)OC)C(C)C)nc2-4)[nH]1)c1ccccc1. The number of hydrogen-bond acceptors (Lipinski definition) is 9. The second-order valence-electron chi connectivity index (χ2n) is 16.5. The Morgan fingerprint density at radius 2 is 1.51 bits per heavy atom. The zero-order chi connectivity index (χ0) is 42.4. The lowest BCUT2D eigenvalue weighted by molar-refractivity contribution is -0.135. The van der Waals surface area contributed by atoms with Gasteiger partial charge in [-0.3, -0.25) is 9.59 Å². The van der Waals surface area contributed by atoms with Crippen LogP contribution in [0.1, 0.15) is 91.7 Å². The Kier molecular flexibility index (Phi) is 10.7. The lowest BCUT2D eigenvalue weighted by Crippen LogP contribution is -2.51. The highest BCUT2D eigenvalue weighted by Gasteiger charge is 2.40. The number of carbonyl (C=O) groups is 4. The van der Waals surface area contributed by atoms with Crippen molar-refractivity contribution in [3.63, 3.8) is 0 Å². The van der Waals surface area contributed by atoms with Gasteiger partial charge in [-0.05, 0) is 90.5 Å². The Labute approximate surface area is 353 Å². The Balaban J connectivity index is 0.934. The van der Waals surface area contributed by atoms with E-state index < -0.39 is 24.3 Å². The number of likely N-dealkylation sites (tertiary alicyclic amines) is 2. The molecule has 1 aliphatic carbocycles. The molecule has 0 bridgehead atoms. The molecule has 5 heterocycles. The molecule has 3 aromatic carbocycles. The van der Waals surface area contributed by atoms with Crippen molar-refractivity contribution in [1.82, 2.24) is 40.4 Å². The zero-order valence-electron chi connectivity index (χ0n) is 34.7. The van der Waals surface area contributed by atoms with Crippen LogP contribution in [0.4, 0.5) is 9.59 Å². The Hall–Kier alpha value is -6.64. The largest absolute Gasteiger partial charge is 0.488 e. The molecule has 4 amide bonds. The van der Waals surface area contributed by atoms with E-state index in [9.17, 15) is 19.2 Å². The Morgan fingerprint density at radius 3 is 2.25 bits per heavy atom. The summed E-state index contributed by atoms with van der Waals surface area (Å²) in [5, 5.41) is 5.45. The number of carbonyl (C=O) groups excluding carboxylic acids is 4. The molecular weight excluding hydrogens is 777 g/mol. The summed E-state index contributed by atoms with van der Waals surface area (Å²) in [6.07, 6.45) is 5.32. The first-order valence-corrected chi connectivity index (χ1v) is 21.0. The summed E-state index contributed by atoms with van der Waals surface area (Å²) in [5.74, 6) is 1.80. The Bertz CT molecular complexity index is 2500. The lowest BCUT2D eigenvalue weighted by Gasteiger charge is -2.30. The fraction of sp³-hybridized carbons (Fsp3) is 0.391. The maximum absolute atomic E-state index is 14.0. The first-order chi connectivity index (χ1) is 29.6. The standard InChI is InChI=1S/C46H50N8O7/c1-25(2)38(51-45(57)59-3)43(55)54-19-9-13-36(54)42-48-33-17-15-27-21-32-30-16-14-28(20-29(30)24-61-37(32)22-31(27)40(33)50-42)34-23-47-41(49-34)35-12-8-18-53(35)44(56)39(52-46(58)60-4)26-10-6-5-7-11-26/h5-7,10-11,14,16,20-23,25,35-36,38-39H,8-9,12-13,15,17-19,24H2,1-4H3,(H,47,49)(H,48,50)(H,51,57)(H,52,58). The van der Waals surface area contributed by atoms with Crippen LogP contribution in [0, 0.1) is 5.92 Å². The molecule has 2 fully saturated rings. The van der Waals surface area contributed by atoms with Gasteiger partial charge in [-0.1, -0.05) is 56.3 Å². The van der Waals surface area contributed by atoms with Gasteiger partial charge in [0.15, 0.2) is 0 Å². The van der Waals surface area contributed by atoms with Crippen LogP contribution in [0.5, 0.6) is 5.75 Å². The monoisotopic (exact) mass is 826 g/mol. The van der Waals surface area contributed by atoms with Crippen LogP contribution in [0.25, 0.3) is 33.6 Å². The van der Waals surface area contributed by atoms with Gasteiger partial charge in [0, 0.05) is 29.9 Å². The molecular formula is C46H50N8O7. The summed E-state index contributed by atoms with van der Waals surface area (Å²) in [5.41, 5.74) is 9.85. The molecule has 5 aromatic rings. The van der Waals surface area contributed by atoms with E-state index in [0.29, 0.717) is 31.1 Å². The van der Waals surface area contributed by atoms with E-state index in [-0.39, 0.29) is 29.8 Å². The fourth-order valence-corrected chi connectivity index (χ4v) is 9.37. The number of aromatic nitrogens is 4. The molecule has 4 aliphatic rings. The van der Waals surface area contributed by atoms with Gasteiger partial charge in [-0.2, -0.15) is 0 Å². The summed E-state index contributed by atoms with van der Waals surface area (Å²) in [6, 6.07) is 17.8. The van der Waals surface area contributed by atoms with E-state index in [2.05, 4.69) is 50.9 Å². The van der Waals surface area contributed by atoms with E-state index in [1.165, 1.54) is 19.8 Å². The molecule has 61 heavy (non-hydrogen) atoms. The van der Waals surface area contributed by atoms with Gasteiger partial charge in [0.25, 0.3) is 5.91 Å². The van der Waals surface area contributed by atoms with Crippen LogP contribution in [-0.2, 0) is 38.5 Å². The van der Waals surface area contributed by atoms with Crippen molar-refractivity contribution in [2.75, 3.05) is 27.3 Å². The molecule has 15 nitrogen and oxygen atoms in total. The Morgan fingerprint density at radius 1 is 0.787 bits per heavy atom. The van der Waals surface area contributed by atoms with E-state index in [4.69, 9.17) is 24.2 Å². The third-order valence-electron chi connectivity index (χ3n) is 12.5. The van der Waals surface area contributed by atoms with Crippen molar-refractivity contribution < 1.29 is 33.4 Å². The number of rotatable bonds is 9. The molecule has 2 saturated heterocycles. The minimum Gasteiger partial charge on any atom is -0.488 e. The molecule has 4 atom stereocenters. The van der Waals surface area contributed by atoms with Crippen LogP contribution in [0.15, 0.2) is 66.9 Å². The van der Waals surface area contributed by atoms with Crippen molar-refractivity contribution in [2.45, 2.75) is 83.1 Å². The van der Waals surface area contributed by atoms with E-state index in [1.54, 1.807) is 4.90 Å². The summed E-state index contributed by atoms with van der Waals surface area (Å²) < 4.78 is 16.1. The number of alkyl carbamates (subject to hydrolysis) is 2. The third kappa shape index (κ3) is 7.46. The molecule has 0 radical (unpaired) electrons. The van der Waals surface area contributed by atoms with Crippen molar-refractivity contribution >= 4 is 24.0 Å². The molecule has 4 unspecified atom stereocenters. The number of amides is 4. The number of methoxy groups -OCH3 is 2. The average molecular weight is 827 g/mol. The van der Waals surface area contributed by atoms with Gasteiger partial charge in [0.05, 0.1) is 43.9 Å². The van der Waals surface area contributed by atoms with Crippen LogP contribution in [0.3, 0.4) is 0 Å². The summed E-state index contributed by atoms with van der Waals surface area (Å²) in [4.78, 5) is 72.8. The highest BCUT2D eigenvalue weighted by molar-refractivity contribution is 5.88. The van der Waals surface area contributed by atoms with Gasteiger partial charge in [0.2, 0.25) is 5.91 Å². The molecule has 4 N–H and O–H groups in total. The second-order valence-corrected chi connectivity index (χ2v) is 16.5. The number of aryl methyl sites for hydroxylation is 2. The highest BCUT2D eigenvalue weighted by Crippen LogP contribution is 2.46. The molecule has 316 valence electrons. The number of benzene rings is 3. The van der Waals surface area contributed by atoms with E-state index >= 15 is 0 Å². The topological polar surface area (TPSA) is 184 Å². The van der Waals surface area contributed by atoms with Gasteiger partial charge >= 0.3 is 12.2 Å². The normalized spacial score (nSPS) is 18.6. The van der Waals surface area contributed by atoms with Crippen molar-refractivity contribution in [3.05, 3.63) is 101 Å². The predicted molar refractivity (Wildman–Crippen MR) is 225 cm³/mol. The molecule has 3 aliphatic heterocycles. The maximum Gasteiger partial charge on any atom is 0.407 e. The van der Waals surface area contributed by atoms with Crippen molar-refractivity contribution in [3.8, 4) is 39.4 Å². The lowest BCUT2D eigenvalue weighted by atomic mass is 9.86. The first kappa shape index (κ1) is 39.8. The number of H-pyrrole nitrogens is 2.